The zero-order valence-corrected chi connectivity index (χ0v) is 14.4. The number of fused-ring (bicyclic) bond motifs is 2. The van der Waals surface area contributed by atoms with E-state index in [1.807, 2.05) is 12.1 Å². The molecule has 24 heavy (non-hydrogen) atoms. The number of hydrogen-bond acceptors (Lipinski definition) is 3. The molecule has 4 nitrogen and oxygen atoms in total. The lowest BCUT2D eigenvalue weighted by molar-refractivity contribution is -0.120. The van der Waals surface area contributed by atoms with Gasteiger partial charge in [-0.1, -0.05) is 18.6 Å². The van der Waals surface area contributed by atoms with Crippen LogP contribution in [0.2, 0.25) is 0 Å². The molecule has 3 aliphatic rings. The molecule has 0 saturated carbocycles. The molecule has 0 radical (unpaired) electrons. The fraction of sp³-hybridized carbons (Fsp3) is 0.650. The third-order valence-corrected chi connectivity index (χ3v) is 5.91. The minimum atomic E-state index is 0.154. The second kappa shape index (κ2) is 7.14. The molecule has 4 heteroatoms. The van der Waals surface area contributed by atoms with Crippen LogP contribution in [0.1, 0.15) is 43.2 Å². The van der Waals surface area contributed by atoms with Crippen molar-refractivity contribution in [2.45, 2.75) is 51.0 Å². The summed E-state index contributed by atoms with van der Waals surface area (Å²) in [6.45, 7) is 4.12. The monoisotopic (exact) mass is 328 g/mol. The second-order valence-corrected chi connectivity index (χ2v) is 7.52. The van der Waals surface area contributed by atoms with Gasteiger partial charge in [0.25, 0.3) is 0 Å². The lowest BCUT2D eigenvalue weighted by Crippen LogP contribution is -2.51. The predicted molar refractivity (Wildman–Crippen MR) is 94.3 cm³/mol. The van der Waals surface area contributed by atoms with E-state index in [0.717, 1.165) is 30.9 Å². The first kappa shape index (κ1) is 15.9. The van der Waals surface area contributed by atoms with Gasteiger partial charge in [-0.3, -0.25) is 4.79 Å². The fourth-order valence-electron chi connectivity index (χ4n) is 4.66. The van der Waals surface area contributed by atoms with Crippen LogP contribution in [0, 0.1) is 5.92 Å². The Bertz CT molecular complexity index is 599. The van der Waals surface area contributed by atoms with Gasteiger partial charge in [0.05, 0.1) is 13.0 Å². The predicted octanol–water partition coefficient (Wildman–Crippen LogP) is 2.54. The highest BCUT2D eigenvalue weighted by molar-refractivity contribution is 5.78. The van der Waals surface area contributed by atoms with Crippen molar-refractivity contribution in [2.75, 3.05) is 26.2 Å². The number of piperidine rings is 2. The molecule has 2 fully saturated rings. The molecular formula is C20H28N2O2. The summed E-state index contributed by atoms with van der Waals surface area (Å²) in [6.07, 6.45) is 7.99. The topological polar surface area (TPSA) is 41.6 Å². The second-order valence-electron chi connectivity index (χ2n) is 7.52. The minimum Gasteiger partial charge on any atom is -0.493 e. The highest BCUT2D eigenvalue weighted by Gasteiger charge is 2.32. The zero-order chi connectivity index (χ0) is 16.4. The quantitative estimate of drug-likeness (QED) is 0.923. The fourth-order valence-corrected chi connectivity index (χ4v) is 4.66. The molecular weight excluding hydrogens is 300 g/mol. The molecule has 0 aliphatic carbocycles. The van der Waals surface area contributed by atoms with E-state index in [9.17, 15) is 4.79 Å². The van der Waals surface area contributed by atoms with Gasteiger partial charge in [0.2, 0.25) is 5.91 Å². The first-order valence-electron chi connectivity index (χ1n) is 9.55. The summed E-state index contributed by atoms with van der Waals surface area (Å²) in [4.78, 5) is 15.0. The first-order valence-corrected chi connectivity index (χ1v) is 9.55. The number of carbonyl (C=O) groups excluding carboxylic acids is 1. The van der Waals surface area contributed by atoms with Crippen LogP contribution in [-0.2, 0) is 17.6 Å². The average molecular weight is 328 g/mol. The summed E-state index contributed by atoms with van der Waals surface area (Å²) in [7, 11) is 0. The van der Waals surface area contributed by atoms with Gasteiger partial charge in [0.1, 0.15) is 5.75 Å². The van der Waals surface area contributed by atoms with Crippen LogP contribution < -0.4 is 10.1 Å². The maximum Gasteiger partial charge on any atom is 0.224 e. The van der Waals surface area contributed by atoms with Crippen molar-refractivity contribution in [3.8, 4) is 5.75 Å². The number of nitrogens with zero attached hydrogens (tertiary/aromatic N) is 1. The van der Waals surface area contributed by atoms with Crippen molar-refractivity contribution in [1.82, 2.24) is 10.2 Å². The van der Waals surface area contributed by atoms with E-state index in [1.165, 1.54) is 50.8 Å². The summed E-state index contributed by atoms with van der Waals surface area (Å²) < 4.78 is 5.53. The number of benzene rings is 1. The maximum atomic E-state index is 12.4. The molecule has 130 valence electrons. The molecule has 3 heterocycles. The van der Waals surface area contributed by atoms with Gasteiger partial charge in [0, 0.05) is 19.0 Å². The normalized spacial score (nSPS) is 26.3. The molecule has 1 N–H and O–H groups in total. The van der Waals surface area contributed by atoms with Gasteiger partial charge in [-0.05, 0) is 61.9 Å². The van der Waals surface area contributed by atoms with E-state index in [4.69, 9.17) is 4.74 Å². The van der Waals surface area contributed by atoms with Crippen molar-refractivity contribution >= 4 is 5.91 Å². The molecule has 1 aromatic carbocycles. The molecule has 2 saturated heterocycles. The molecule has 0 bridgehead atoms. The van der Waals surface area contributed by atoms with Crippen molar-refractivity contribution < 1.29 is 9.53 Å². The molecule has 1 amide bonds. The third-order valence-electron chi connectivity index (χ3n) is 5.91. The van der Waals surface area contributed by atoms with Gasteiger partial charge in [-0.2, -0.15) is 0 Å². The molecule has 0 spiro atoms. The highest BCUT2D eigenvalue weighted by Crippen LogP contribution is 2.30. The Kier molecular flexibility index (Phi) is 4.74. The molecule has 4 rings (SSSR count). The van der Waals surface area contributed by atoms with Crippen LogP contribution in [0.25, 0.3) is 0 Å². The van der Waals surface area contributed by atoms with E-state index in [1.54, 1.807) is 0 Å². The number of carbonyl (C=O) groups is 1. The summed E-state index contributed by atoms with van der Waals surface area (Å²) in [5, 5.41) is 3.20. The Morgan fingerprint density at radius 3 is 3.08 bits per heavy atom. The minimum absolute atomic E-state index is 0.154. The van der Waals surface area contributed by atoms with Crippen LogP contribution in [0.15, 0.2) is 18.2 Å². The highest BCUT2D eigenvalue weighted by atomic mass is 16.5. The largest absolute Gasteiger partial charge is 0.493 e. The molecule has 0 aromatic heterocycles. The van der Waals surface area contributed by atoms with Gasteiger partial charge in [-0.25, -0.2) is 0 Å². The van der Waals surface area contributed by atoms with Crippen LogP contribution >= 0.6 is 0 Å². The number of ether oxygens (including phenoxy) is 1. The van der Waals surface area contributed by atoms with Crippen LogP contribution in [0.3, 0.4) is 0 Å². The van der Waals surface area contributed by atoms with Crippen molar-refractivity contribution in [2.24, 2.45) is 5.92 Å². The number of hydrogen-bond donors (Lipinski definition) is 1. The van der Waals surface area contributed by atoms with Crippen molar-refractivity contribution in [3.05, 3.63) is 29.3 Å². The van der Waals surface area contributed by atoms with E-state index >= 15 is 0 Å². The summed E-state index contributed by atoms with van der Waals surface area (Å²) in [5.74, 6) is 1.77. The lowest BCUT2D eigenvalue weighted by atomic mass is 9.83. The van der Waals surface area contributed by atoms with Crippen molar-refractivity contribution in [1.29, 1.82) is 0 Å². The Hall–Kier alpha value is -1.55. The van der Waals surface area contributed by atoms with Gasteiger partial charge < -0.3 is 15.0 Å². The molecule has 3 aliphatic heterocycles. The standard InChI is InChI=1S/C20H28N2O2/c23-20(13-15-6-7-19-16(12-15)8-11-24-19)21-14-17-4-3-10-22-9-2-1-5-18(17)22/h6-7,12,17-18H,1-5,8-11,13-14H2,(H,21,23)/t17-,18+/m1/s1. The van der Waals surface area contributed by atoms with Gasteiger partial charge >= 0.3 is 0 Å². The van der Waals surface area contributed by atoms with E-state index in [2.05, 4.69) is 16.3 Å². The van der Waals surface area contributed by atoms with Gasteiger partial charge in [0.15, 0.2) is 0 Å². The van der Waals surface area contributed by atoms with Crippen molar-refractivity contribution in [3.63, 3.8) is 0 Å². The summed E-state index contributed by atoms with van der Waals surface area (Å²) >= 11 is 0. The Morgan fingerprint density at radius 1 is 1.21 bits per heavy atom. The Labute approximate surface area is 144 Å². The number of nitrogens with one attached hydrogen (secondary N) is 1. The smallest absolute Gasteiger partial charge is 0.224 e. The third kappa shape index (κ3) is 3.44. The molecule has 2 atom stereocenters. The lowest BCUT2D eigenvalue weighted by Gasteiger charge is -2.44. The molecule has 0 unspecified atom stereocenters. The zero-order valence-electron chi connectivity index (χ0n) is 14.4. The average Bonchev–Trinajstić information content (AvgIpc) is 3.07. The van der Waals surface area contributed by atoms with E-state index in [0.29, 0.717) is 18.4 Å². The van der Waals surface area contributed by atoms with Crippen LogP contribution in [-0.4, -0.2) is 43.1 Å². The Balaban J connectivity index is 1.30. The maximum absolute atomic E-state index is 12.4. The molecule has 1 aromatic rings. The summed E-state index contributed by atoms with van der Waals surface area (Å²) in [6, 6.07) is 6.86. The van der Waals surface area contributed by atoms with E-state index in [-0.39, 0.29) is 5.91 Å². The first-order chi connectivity index (χ1) is 11.8. The van der Waals surface area contributed by atoms with E-state index < -0.39 is 0 Å². The number of rotatable bonds is 4. The van der Waals surface area contributed by atoms with Crippen LogP contribution in [0.4, 0.5) is 0 Å². The summed E-state index contributed by atoms with van der Waals surface area (Å²) in [5.41, 5.74) is 2.34. The van der Waals surface area contributed by atoms with Crippen LogP contribution in [0.5, 0.6) is 5.75 Å². The Morgan fingerprint density at radius 2 is 2.12 bits per heavy atom. The number of amides is 1. The van der Waals surface area contributed by atoms with Gasteiger partial charge in [-0.15, -0.1) is 0 Å². The SMILES string of the molecule is O=C(Cc1ccc2c(c1)CCO2)NC[C@H]1CCCN2CCCC[C@@H]12.